The van der Waals surface area contributed by atoms with E-state index in [1.54, 1.807) is 0 Å². The quantitative estimate of drug-likeness (QED) is 0.315. The van der Waals surface area contributed by atoms with Crippen molar-refractivity contribution >= 4 is 44.4 Å². The normalized spacial score (nSPS) is 23.6. The predicted molar refractivity (Wildman–Crippen MR) is 96.8 cm³/mol. The van der Waals surface area contributed by atoms with E-state index in [9.17, 15) is 44.3 Å². The number of nitrogens with one attached hydrogen (secondary N) is 1. The largest absolute Gasteiger partial charge is 0.382 e. The van der Waals surface area contributed by atoms with Crippen molar-refractivity contribution in [2.24, 2.45) is 0 Å². The summed E-state index contributed by atoms with van der Waals surface area (Å²) in [6.07, 6.45) is -1.17. The summed E-state index contributed by atoms with van der Waals surface area (Å²) in [5, 5.41) is 2.27. The zero-order valence-corrected chi connectivity index (χ0v) is 17.6. The number of benzene rings is 1. The molecule has 1 aromatic rings. The molecule has 1 fully saturated rings. The van der Waals surface area contributed by atoms with E-state index in [1.807, 2.05) is 0 Å². The van der Waals surface area contributed by atoms with Crippen molar-refractivity contribution in [2.45, 2.75) is 35.8 Å². The van der Waals surface area contributed by atoms with Crippen LogP contribution in [0.15, 0.2) is 38.4 Å². The van der Waals surface area contributed by atoms with Crippen molar-refractivity contribution < 1.29 is 44.3 Å². The van der Waals surface area contributed by atoms with E-state index < -0.39 is 51.3 Å². The highest BCUT2D eigenvalue weighted by atomic mass is 127. The van der Waals surface area contributed by atoms with Crippen LogP contribution in [0.2, 0.25) is 0 Å². The summed E-state index contributed by atoms with van der Waals surface area (Å²) in [4.78, 5) is 11.9. The number of hydrogen-bond acceptors (Lipinski definition) is 1. The van der Waals surface area contributed by atoms with Gasteiger partial charge < -0.3 is 5.32 Å². The Morgan fingerprint density at radius 3 is 1.79 bits per heavy atom. The first kappa shape index (κ1) is 24.3. The van der Waals surface area contributed by atoms with Gasteiger partial charge in [-0.25, -0.2) is 4.39 Å². The maximum absolute atomic E-state index is 14.4. The molecule has 1 aliphatic rings. The fraction of sp³-hybridized carbons (Fsp3) is 0.438. The van der Waals surface area contributed by atoms with Gasteiger partial charge in [-0.05, 0) is 62.9 Å². The molecule has 2 nitrogen and oxygen atoms in total. The maximum atomic E-state index is 14.4. The van der Waals surface area contributed by atoms with Gasteiger partial charge in [-0.3, -0.25) is 4.79 Å². The third-order valence-electron chi connectivity index (χ3n) is 4.21. The number of hydrogen-bond donors (Lipinski definition) is 1. The van der Waals surface area contributed by atoms with Crippen LogP contribution in [0.25, 0.3) is 0 Å². The molecule has 29 heavy (non-hydrogen) atoms. The summed E-state index contributed by atoms with van der Waals surface area (Å²) in [6, 6.07) is 5.91. The van der Waals surface area contributed by atoms with Crippen molar-refractivity contribution in [3.63, 3.8) is 0 Å². The third kappa shape index (κ3) is 3.55. The number of allylic oxidation sites excluding steroid dienone is 1. The van der Waals surface area contributed by atoms with Gasteiger partial charge in [0.2, 0.25) is 0 Å². The average Bonchev–Trinajstić information content (AvgIpc) is 2.65. The van der Waals surface area contributed by atoms with Crippen molar-refractivity contribution in [3.8, 4) is 0 Å². The highest BCUT2D eigenvalue weighted by molar-refractivity contribution is 14.1. The molecule has 0 aromatic heterocycles. The molecule has 1 amide bonds. The van der Waals surface area contributed by atoms with Gasteiger partial charge in [-0.1, -0.05) is 15.9 Å². The van der Waals surface area contributed by atoms with Gasteiger partial charge in [0.05, 0.1) is 0 Å². The van der Waals surface area contributed by atoms with Gasteiger partial charge in [-0.15, -0.1) is 0 Å². The van der Waals surface area contributed by atoms with E-state index in [0.29, 0.717) is 4.47 Å². The van der Waals surface area contributed by atoms with Crippen LogP contribution in [0.5, 0.6) is 0 Å². The molecule has 2 rings (SSSR count). The zero-order valence-electron chi connectivity index (χ0n) is 13.9. The number of carbonyl (C=O) groups excluding carboxylic acids is 1. The highest BCUT2D eigenvalue weighted by Crippen LogP contribution is 2.69. The fourth-order valence-corrected chi connectivity index (χ4v) is 3.48. The Balaban J connectivity index is 2.17. The molecule has 0 bridgehead atoms. The van der Waals surface area contributed by atoms with Gasteiger partial charge in [0, 0.05) is 16.6 Å². The topological polar surface area (TPSA) is 29.1 Å². The van der Waals surface area contributed by atoms with Crippen LogP contribution < -0.4 is 5.32 Å². The standard InChI is InChI=1S/C16H10BrF9INO/c17-9-3-1-8(2-4-9)11(29)28-6-5-10(27)7-12(18)13(19,20)15(23,24)16(25,26)14(12,21)22/h1-4,7H,5-6H2,(H,28,29). The summed E-state index contributed by atoms with van der Waals surface area (Å²) >= 11 is 4.21. The van der Waals surface area contributed by atoms with Crippen LogP contribution in [0.3, 0.4) is 0 Å². The molecule has 0 saturated heterocycles. The van der Waals surface area contributed by atoms with Crippen LogP contribution >= 0.6 is 38.5 Å². The van der Waals surface area contributed by atoms with Crippen LogP contribution in [-0.4, -0.2) is 41.8 Å². The minimum atomic E-state index is -6.61. The second kappa shape index (κ2) is 7.61. The molecule has 1 aromatic carbocycles. The lowest BCUT2D eigenvalue weighted by Gasteiger charge is -2.28. The van der Waals surface area contributed by atoms with Gasteiger partial charge in [0.15, 0.2) is 0 Å². The van der Waals surface area contributed by atoms with Crippen LogP contribution in [0.4, 0.5) is 39.5 Å². The number of halogens is 11. The Kier molecular flexibility index (Phi) is 6.37. The Bertz CT molecular complexity index is 800. The van der Waals surface area contributed by atoms with Crippen molar-refractivity contribution in [1.29, 1.82) is 0 Å². The lowest BCUT2D eigenvalue weighted by atomic mass is 9.96. The molecule has 0 heterocycles. The SMILES string of the molecule is O=C(NCCC(I)=CC1(F)C(F)(F)C(F)(F)C(F)(F)C1(F)F)c1ccc(Br)cc1. The molecule has 1 N–H and O–H groups in total. The lowest BCUT2D eigenvalue weighted by molar-refractivity contribution is -0.303. The second-order valence-electron chi connectivity index (χ2n) is 6.11. The minimum absolute atomic E-state index is 0.183. The van der Waals surface area contributed by atoms with Crippen molar-refractivity contribution in [2.75, 3.05) is 6.54 Å². The van der Waals surface area contributed by atoms with E-state index in [1.165, 1.54) is 24.3 Å². The van der Waals surface area contributed by atoms with Crippen molar-refractivity contribution in [3.05, 3.63) is 44.0 Å². The molecule has 0 radical (unpaired) electrons. The Hall–Kier alpha value is -0.990. The number of alkyl halides is 9. The summed E-state index contributed by atoms with van der Waals surface area (Å²) < 4.78 is 122. The van der Waals surface area contributed by atoms with E-state index in [-0.39, 0.29) is 12.1 Å². The molecule has 0 unspecified atom stereocenters. The van der Waals surface area contributed by atoms with Crippen molar-refractivity contribution in [1.82, 2.24) is 5.32 Å². The molecular weight excluding hydrogens is 600 g/mol. The minimum Gasteiger partial charge on any atom is -0.352 e. The molecule has 162 valence electrons. The first-order chi connectivity index (χ1) is 13.0. The smallest absolute Gasteiger partial charge is 0.352 e. The number of rotatable bonds is 5. The van der Waals surface area contributed by atoms with E-state index >= 15 is 0 Å². The zero-order chi connectivity index (χ0) is 22.5. The highest BCUT2D eigenvalue weighted by Gasteiger charge is 3.00. The third-order valence-corrected chi connectivity index (χ3v) is 5.59. The van der Waals surface area contributed by atoms with Crippen LogP contribution in [0.1, 0.15) is 16.8 Å². The van der Waals surface area contributed by atoms with E-state index in [2.05, 4.69) is 21.2 Å². The summed E-state index contributed by atoms with van der Waals surface area (Å²) in [5.41, 5.74) is -5.44. The molecule has 13 heteroatoms. The molecule has 0 aliphatic heterocycles. The van der Waals surface area contributed by atoms with E-state index in [4.69, 9.17) is 0 Å². The summed E-state index contributed by atoms with van der Waals surface area (Å²) in [7, 11) is 0. The van der Waals surface area contributed by atoms with E-state index in [0.717, 1.165) is 22.6 Å². The molecule has 0 atom stereocenters. The van der Waals surface area contributed by atoms with Crippen LogP contribution in [0, 0.1) is 0 Å². The summed E-state index contributed by atoms with van der Waals surface area (Å²) in [5.74, 6) is -26.6. The Morgan fingerprint density at radius 1 is 0.897 bits per heavy atom. The average molecular weight is 610 g/mol. The predicted octanol–water partition coefficient (Wildman–Crippen LogP) is 6.15. The molecule has 1 aliphatic carbocycles. The van der Waals surface area contributed by atoms with Gasteiger partial charge in [0.1, 0.15) is 0 Å². The molecule has 1 saturated carbocycles. The first-order valence-electron chi connectivity index (χ1n) is 7.64. The summed E-state index contributed by atoms with van der Waals surface area (Å²) in [6.45, 7) is -0.385. The lowest BCUT2D eigenvalue weighted by Crippen LogP contribution is -2.53. The Morgan fingerprint density at radius 2 is 1.34 bits per heavy atom. The monoisotopic (exact) mass is 609 g/mol. The molecule has 0 spiro atoms. The van der Waals surface area contributed by atoms with Crippen LogP contribution in [-0.2, 0) is 0 Å². The fourth-order valence-electron chi connectivity index (χ4n) is 2.52. The number of amides is 1. The number of carbonyl (C=O) groups is 1. The first-order valence-corrected chi connectivity index (χ1v) is 9.51. The Labute approximate surface area is 180 Å². The molecular formula is C16H10BrF9INO. The van der Waals surface area contributed by atoms with Gasteiger partial charge >= 0.3 is 23.7 Å². The maximum Gasteiger partial charge on any atom is 0.382 e. The van der Waals surface area contributed by atoms with Gasteiger partial charge in [0.25, 0.3) is 11.6 Å². The van der Waals surface area contributed by atoms with Gasteiger partial charge in [-0.2, -0.15) is 35.1 Å². The second-order valence-corrected chi connectivity index (χ2v) is 8.41.